The van der Waals surface area contributed by atoms with Gasteiger partial charge in [-0.25, -0.2) is 14.5 Å². The quantitative estimate of drug-likeness (QED) is 0.290. The molecule has 6 nitrogen and oxygen atoms in total. The average molecular weight is 271 g/mol. The predicted octanol–water partition coefficient (Wildman–Crippen LogP) is -2.32. The number of nitrogens with one attached hydrogen (secondary N) is 1. The molecule has 0 aliphatic carbocycles. The maximum atomic E-state index is 12.0. The molecule has 1 heterocycles. The molecule has 1 aliphatic rings. The largest absolute Gasteiger partial charge is 1.00 e. The molecule has 1 saturated heterocycles. The van der Waals surface area contributed by atoms with Crippen LogP contribution in [0.1, 0.15) is 6.92 Å². The maximum Gasteiger partial charge on any atom is 1.00 e. The molecule has 2 rings (SSSR count). The van der Waals surface area contributed by atoms with Crippen LogP contribution >= 0.6 is 0 Å². The number of urea groups is 1. The Labute approximate surface area is 132 Å². The first-order chi connectivity index (χ1) is 8.65. The van der Waals surface area contributed by atoms with Crippen LogP contribution in [-0.2, 0) is 14.3 Å². The number of ether oxygens (including phenoxy) is 1. The summed E-state index contributed by atoms with van der Waals surface area (Å²) >= 11 is 0. The van der Waals surface area contributed by atoms with Crippen LogP contribution in [0.2, 0.25) is 0 Å². The summed E-state index contributed by atoms with van der Waals surface area (Å²) in [4.78, 5) is 36.1. The van der Waals surface area contributed by atoms with Gasteiger partial charge < -0.3 is 10.1 Å². The van der Waals surface area contributed by atoms with E-state index < -0.39 is 23.9 Å². The van der Waals surface area contributed by atoms with E-state index in [9.17, 15) is 14.4 Å². The summed E-state index contributed by atoms with van der Waals surface area (Å²) in [5, 5.41) is 2.30. The number of benzene rings is 1. The van der Waals surface area contributed by atoms with E-state index in [1.165, 1.54) is 0 Å². The molecule has 94 valence electrons. The van der Waals surface area contributed by atoms with Crippen molar-refractivity contribution in [3.05, 3.63) is 30.3 Å². The van der Waals surface area contributed by atoms with Crippen molar-refractivity contribution in [1.29, 1.82) is 0 Å². The minimum atomic E-state index is -1.25. The van der Waals surface area contributed by atoms with E-state index in [1.54, 1.807) is 37.3 Å². The Morgan fingerprint density at radius 1 is 1.32 bits per heavy atom. The van der Waals surface area contributed by atoms with Crippen molar-refractivity contribution in [1.82, 2.24) is 5.32 Å². The molecule has 19 heavy (non-hydrogen) atoms. The van der Waals surface area contributed by atoms with Crippen LogP contribution < -0.4 is 39.8 Å². The Morgan fingerprint density at radius 3 is 2.53 bits per heavy atom. The van der Waals surface area contributed by atoms with Gasteiger partial charge in [-0.05, 0) is 19.1 Å². The number of hydrogen-bond acceptors (Lipinski definition) is 4. The van der Waals surface area contributed by atoms with Crippen molar-refractivity contribution in [3.63, 3.8) is 0 Å². The van der Waals surface area contributed by atoms with E-state index in [0.29, 0.717) is 5.69 Å². The number of carbonyl (C=O) groups excluding carboxylic acids is 3. The fourth-order valence-electron chi connectivity index (χ4n) is 1.69. The Balaban J connectivity index is 0.00000180. The maximum absolute atomic E-state index is 12.0. The minimum absolute atomic E-state index is 0. The fraction of sp³-hybridized carbons (Fsp3) is 0.250. The topological polar surface area (TPSA) is 75.7 Å². The van der Waals surface area contributed by atoms with Crippen LogP contribution in [0.3, 0.4) is 0 Å². The molecule has 0 bridgehead atoms. The average Bonchev–Trinajstić information content (AvgIpc) is 2.66. The summed E-state index contributed by atoms with van der Waals surface area (Å²) in [5.41, 5.74) is 0.423. The van der Waals surface area contributed by atoms with Gasteiger partial charge in [-0.2, -0.15) is 0 Å². The molecular formula is C12H12N2NaO4+. The predicted molar refractivity (Wildman–Crippen MR) is 62.9 cm³/mol. The van der Waals surface area contributed by atoms with Gasteiger partial charge in [-0.1, -0.05) is 18.2 Å². The molecule has 1 aliphatic heterocycles. The molecule has 0 radical (unpaired) electrons. The number of imide groups is 1. The third-order valence-electron chi connectivity index (χ3n) is 2.47. The SMILES string of the molecule is CCOC(=O)C1NC(=O)N(c2ccccc2)C1=O.[Na+]. The first-order valence-corrected chi connectivity index (χ1v) is 5.51. The molecule has 7 heteroatoms. The van der Waals surface area contributed by atoms with Gasteiger partial charge >= 0.3 is 41.6 Å². The zero-order valence-electron chi connectivity index (χ0n) is 10.8. The first-order valence-electron chi connectivity index (χ1n) is 5.51. The number of anilines is 1. The summed E-state index contributed by atoms with van der Waals surface area (Å²) < 4.78 is 4.73. The van der Waals surface area contributed by atoms with Crippen LogP contribution in [0, 0.1) is 0 Å². The van der Waals surface area contributed by atoms with Crippen LogP contribution in [0.4, 0.5) is 10.5 Å². The third-order valence-corrected chi connectivity index (χ3v) is 2.47. The zero-order chi connectivity index (χ0) is 13.1. The smallest absolute Gasteiger partial charge is 0.464 e. The second-order valence-electron chi connectivity index (χ2n) is 3.64. The van der Waals surface area contributed by atoms with Crippen LogP contribution in [-0.4, -0.2) is 30.6 Å². The molecule has 1 unspecified atom stereocenters. The van der Waals surface area contributed by atoms with Crippen molar-refractivity contribution < 1.29 is 48.7 Å². The third kappa shape index (κ3) is 3.15. The summed E-state index contributed by atoms with van der Waals surface area (Å²) in [5.74, 6) is -1.36. The number of carbonyl (C=O) groups is 3. The molecule has 1 N–H and O–H groups in total. The number of para-hydroxylation sites is 1. The molecule has 0 saturated carbocycles. The van der Waals surface area contributed by atoms with Gasteiger partial charge in [0.25, 0.3) is 5.91 Å². The number of esters is 1. The van der Waals surface area contributed by atoms with Crippen molar-refractivity contribution in [3.8, 4) is 0 Å². The Kier molecular flexibility index (Phi) is 5.53. The molecular weight excluding hydrogens is 259 g/mol. The number of hydrogen-bond donors (Lipinski definition) is 1. The fourth-order valence-corrected chi connectivity index (χ4v) is 1.69. The van der Waals surface area contributed by atoms with E-state index in [1.807, 2.05) is 0 Å². The van der Waals surface area contributed by atoms with E-state index in [2.05, 4.69) is 5.32 Å². The van der Waals surface area contributed by atoms with Crippen molar-refractivity contribution in [2.45, 2.75) is 13.0 Å². The van der Waals surface area contributed by atoms with E-state index in [0.717, 1.165) is 4.90 Å². The Morgan fingerprint density at radius 2 is 1.95 bits per heavy atom. The number of rotatable bonds is 3. The summed E-state index contributed by atoms with van der Waals surface area (Å²) in [6, 6.07) is 6.53. The normalized spacial score (nSPS) is 17.7. The minimum Gasteiger partial charge on any atom is -0.464 e. The van der Waals surface area contributed by atoms with E-state index >= 15 is 0 Å². The van der Waals surface area contributed by atoms with E-state index in [-0.39, 0.29) is 36.2 Å². The second-order valence-corrected chi connectivity index (χ2v) is 3.64. The van der Waals surface area contributed by atoms with E-state index in [4.69, 9.17) is 4.74 Å². The van der Waals surface area contributed by atoms with Gasteiger partial charge in [0.15, 0.2) is 0 Å². The second kappa shape index (κ2) is 6.70. The molecule has 1 aromatic carbocycles. The monoisotopic (exact) mass is 271 g/mol. The Hall–Kier alpha value is -1.37. The first kappa shape index (κ1) is 15.7. The van der Waals surface area contributed by atoms with Crippen LogP contribution in [0.5, 0.6) is 0 Å². The van der Waals surface area contributed by atoms with Crippen LogP contribution in [0.25, 0.3) is 0 Å². The molecule has 1 aromatic rings. The Bertz CT molecular complexity index is 492. The van der Waals surface area contributed by atoms with Crippen molar-refractivity contribution in [2.24, 2.45) is 0 Å². The zero-order valence-corrected chi connectivity index (χ0v) is 12.8. The summed E-state index contributed by atoms with van der Waals surface area (Å²) in [7, 11) is 0. The van der Waals surface area contributed by atoms with Gasteiger partial charge in [-0.15, -0.1) is 0 Å². The molecule has 0 spiro atoms. The molecule has 1 atom stereocenters. The number of nitrogens with zero attached hydrogens (tertiary/aromatic N) is 1. The van der Waals surface area contributed by atoms with Gasteiger partial charge in [0.2, 0.25) is 6.04 Å². The molecule has 0 aromatic heterocycles. The number of amides is 3. The standard InChI is InChI=1S/C12H12N2O4.Na/c1-2-18-11(16)9-10(15)14(12(17)13-9)8-6-4-3-5-7-8;/h3-7,9H,2H2,1H3,(H,13,17);/q;+1. The molecule has 1 fully saturated rings. The van der Waals surface area contributed by atoms with Crippen molar-refractivity contribution in [2.75, 3.05) is 11.5 Å². The van der Waals surface area contributed by atoms with Gasteiger partial charge in [0, 0.05) is 0 Å². The summed E-state index contributed by atoms with van der Waals surface area (Å²) in [6.07, 6.45) is 0. The van der Waals surface area contributed by atoms with Crippen molar-refractivity contribution >= 4 is 23.6 Å². The van der Waals surface area contributed by atoms with Gasteiger partial charge in [0.1, 0.15) is 0 Å². The van der Waals surface area contributed by atoms with Crippen LogP contribution in [0.15, 0.2) is 30.3 Å². The summed E-state index contributed by atoms with van der Waals surface area (Å²) in [6.45, 7) is 1.79. The molecule has 3 amide bonds. The van der Waals surface area contributed by atoms with Gasteiger partial charge in [0.05, 0.1) is 12.3 Å². The van der Waals surface area contributed by atoms with Gasteiger partial charge in [-0.3, -0.25) is 4.79 Å².